The second kappa shape index (κ2) is 7.53. The smallest absolute Gasteiger partial charge is 0.289 e. The van der Waals surface area contributed by atoms with Gasteiger partial charge in [0, 0.05) is 51.1 Å². The fourth-order valence-electron chi connectivity index (χ4n) is 3.13. The van der Waals surface area contributed by atoms with Crippen LogP contribution >= 0.6 is 0 Å². The quantitative estimate of drug-likeness (QED) is 0.810. The number of nitrogens with zero attached hydrogens (tertiary/aromatic N) is 3. The fraction of sp³-hybridized carbons (Fsp3) is 0.529. The molecule has 130 valence electrons. The molecule has 0 bridgehead atoms. The van der Waals surface area contributed by atoms with Crippen molar-refractivity contribution >= 4 is 5.91 Å². The molecular weight excluding hydrogens is 310 g/mol. The molecule has 1 amide bonds. The monoisotopic (exact) mass is 333 g/mol. The van der Waals surface area contributed by atoms with Crippen LogP contribution in [0.25, 0.3) is 0 Å². The van der Waals surface area contributed by atoms with Crippen molar-refractivity contribution in [2.24, 2.45) is 0 Å². The molecule has 1 fully saturated rings. The van der Waals surface area contributed by atoms with Crippen molar-refractivity contribution in [3.63, 3.8) is 0 Å². The molecule has 2 aromatic heterocycles. The minimum absolute atomic E-state index is 0.0991. The van der Waals surface area contributed by atoms with Crippen LogP contribution in [0, 0.1) is 0 Å². The first kappa shape index (κ1) is 16.6. The number of piperidine rings is 1. The summed E-state index contributed by atoms with van der Waals surface area (Å²) < 4.78 is 17.7. The fourth-order valence-corrected chi connectivity index (χ4v) is 3.13. The van der Waals surface area contributed by atoms with Crippen molar-refractivity contribution in [1.29, 1.82) is 0 Å². The zero-order chi connectivity index (χ0) is 16.9. The van der Waals surface area contributed by atoms with Crippen LogP contribution < -0.4 is 4.74 Å². The molecule has 1 aliphatic heterocycles. The summed E-state index contributed by atoms with van der Waals surface area (Å²) in [5.41, 5.74) is 0. The van der Waals surface area contributed by atoms with Gasteiger partial charge in [-0.2, -0.15) is 0 Å². The van der Waals surface area contributed by atoms with E-state index < -0.39 is 0 Å². The molecule has 1 atom stereocenters. The molecule has 1 saturated heterocycles. The number of carbonyl (C=O) groups excluding carboxylic acids is 1. The maximum absolute atomic E-state index is 12.6. The highest BCUT2D eigenvalue weighted by Crippen LogP contribution is 2.27. The standard InChI is InChI=1S/C17H23N3O4/c1-22-11-10-19-9-7-18-16(19)13-4-3-8-20(12-13)17(21)14-5-6-15(23-2)24-14/h5-7,9,13H,3-4,8,10-12H2,1-2H3/t13-/m0/s1. The summed E-state index contributed by atoms with van der Waals surface area (Å²) in [6, 6.07) is 3.32. The summed E-state index contributed by atoms with van der Waals surface area (Å²) in [6.07, 6.45) is 5.75. The number of hydrogen-bond acceptors (Lipinski definition) is 5. The third-order valence-corrected chi connectivity index (χ3v) is 4.35. The number of carbonyl (C=O) groups is 1. The Hall–Kier alpha value is -2.28. The van der Waals surface area contributed by atoms with Gasteiger partial charge in [-0.25, -0.2) is 4.98 Å². The Morgan fingerprint density at radius 3 is 3.04 bits per heavy atom. The summed E-state index contributed by atoms with van der Waals surface area (Å²) in [5, 5.41) is 0. The highest BCUT2D eigenvalue weighted by atomic mass is 16.6. The van der Waals surface area contributed by atoms with Crippen LogP contribution in [0.5, 0.6) is 5.95 Å². The number of amides is 1. The van der Waals surface area contributed by atoms with E-state index in [4.69, 9.17) is 13.9 Å². The number of rotatable bonds is 6. The lowest BCUT2D eigenvalue weighted by atomic mass is 9.97. The third-order valence-electron chi connectivity index (χ3n) is 4.35. The van der Waals surface area contributed by atoms with Gasteiger partial charge in [0.1, 0.15) is 5.82 Å². The van der Waals surface area contributed by atoms with Crippen LogP contribution in [0.3, 0.4) is 0 Å². The third kappa shape index (κ3) is 3.46. The number of methoxy groups -OCH3 is 2. The van der Waals surface area contributed by atoms with Gasteiger partial charge in [-0.05, 0) is 18.9 Å². The summed E-state index contributed by atoms with van der Waals surface area (Å²) in [6.45, 7) is 2.79. The summed E-state index contributed by atoms with van der Waals surface area (Å²) in [7, 11) is 3.21. The lowest BCUT2D eigenvalue weighted by molar-refractivity contribution is 0.0664. The molecule has 1 aliphatic rings. The average molecular weight is 333 g/mol. The lowest BCUT2D eigenvalue weighted by Gasteiger charge is -2.32. The van der Waals surface area contributed by atoms with Crippen LogP contribution in [0.4, 0.5) is 0 Å². The number of likely N-dealkylation sites (tertiary alicyclic amines) is 1. The SMILES string of the molecule is COCCn1ccnc1[C@H]1CCCN(C(=O)c2ccc(OC)o2)C1. The van der Waals surface area contributed by atoms with Crippen LogP contribution in [0.1, 0.15) is 35.1 Å². The molecule has 0 unspecified atom stereocenters. The molecule has 2 aromatic rings. The van der Waals surface area contributed by atoms with Gasteiger partial charge in [0.05, 0.1) is 13.7 Å². The summed E-state index contributed by atoms with van der Waals surface area (Å²) in [5.74, 6) is 1.81. The molecule has 3 heterocycles. The Balaban J connectivity index is 1.70. The summed E-state index contributed by atoms with van der Waals surface area (Å²) in [4.78, 5) is 19.0. The van der Waals surface area contributed by atoms with Crippen molar-refractivity contribution in [1.82, 2.24) is 14.5 Å². The minimum atomic E-state index is -0.0991. The maximum Gasteiger partial charge on any atom is 0.289 e. The molecule has 7 heteroatoms. The van der Waals surface area contributed by atoms with Crippen molar-refractivity contribution in [3.05, 3.63) is 36.1 Å². The van der Waals surface area contributed by atoms with Gasteiger partial charge in [-0.3, -0.25) is 4.79 Å². The van der Waals surface area contributed by atoms with E-state index in [1.807, 2.05) is 17.3 Å². The van der Waals surface area contributed by atoms with Gasteiger partial charge in [0.15, 0.2) is 5.76 Å². The van der Waals surface area contributed by atoms with Gasteiger partial charge in [-0.1, -0.05) is 0 Å². The Morgan fingerprint density at radius 2 is 2.29 bits per heavy atom. The number of furan rings is 1. The predicted molar refractivity (Wildman–Crippen MR) is 87.2 cm³/mol. The van der Waals surface area contributed by atoms with Gasteiger partial charge in [0.2, 0.25) is 0 Å². The molecule has 24 heavy (non-hydrogen) atoms. The zero-order valence-corrected chi connectivity index (χ0v) is 14.1. The Labute approximate surface area is 141 Å². The maximum atomic E-state index is 12.6. The first-order valence-corrected chi connectivity index (χ1v) is 8.16. The van der Waals surface area contributed by atoms with E-state index in [9.17, 15) is 4.79 Å². The van der Waals surface area contributed by atoms with E-state index in [1.54, 1.807) is 19.2 Å². The lowest BCUT2D eigenvalue weighted by Crippen LogP contribution is -2.39. The molecule has 7 nitrogen and oxygen atoms in total. The molecule has 3 rings (SSSR count). The first-order valence-electron chi connectivity index (χ1n) is 8.16. The van der Waals surface area contributed by atoms with E-state index in [1.165, 1.54) is 7.11 Å². The first-order chi connectivity index (χ1) is 11.7. The number of aromatic nitrogens is 2. The normalized spacial score (nSPS) is 17.9. The van der Waals surface area contributed by atoms with E-state index >= 15 is 0 Å². The van der Waals surface area contributed by atoms with Crippen molar-refractivity contribution in [3.8, 4) is 5.95 Å². The zero-order valence-electron chi connectivity index (χ0n) is 14.1. The van der Waals surface area contributed by atoms with Gasteiger partial charge in [0.25, 0.3) is 11.9 Å². The Kier molecular flexibility index (Phi) is 5.20. The molecule has 0 radical (unpaired) electrons. The molecular formula is C17H23N3O4. The summed E-state index contributed by atoms with van der Waals surface area (Å²) >= 11 is 0. The van der Waals surface area contributed by atoms with E-state index in [-0.39, 0.29) is 11.8 Å². The van der Waals surface area contributed by atoms with Crippen LogP contribution in [0.2, 0.25) is 0 Å². The molecule has 0 aromatic carbocycles. The van der Waals surface area contributed by atoms with Crippen LogP contribution in [0.15, 0.2) is 28.9 Å². The Morgan fingerprint density at radius 1 is 1.42 bits per heavy atom. The van der Waals surface area contributed by atoms with Crippen molar-refractivity contribution < 1.29 is 18.7 Å². The predicted octanol–water partition coefficient (Wildman–Crippen LogP) is 2.15. The van der Waals surface area contributed by atoms with E-state index in [0.717, 1.165) is 31.8 Å². The molecule has 0 aliphatic carbocycles. The number of hydrogen-bond donors (Lipinski definition) is 0. The van der Waals surface area contributed by atoms with Gasteiger partial charge in [-0.15, -0.1) is 0 Å². The van der Waals surface area contributed by atoms with E-state index in [0.29, 0.717) is 24.9 Å². The van der Waals surface area contributed by atoms with Gasteiger partial charge < -0.3 is 23.4 Å². The van der Waals surface area contributed by atoms with Crippen molar-refractivity contribution in [2.45, 2.75) is 25.3 Å². The Bertz CT molecular complexity index is 679. The second-order valence-corrected chi connectivity index (χ2v) is 5.88. The van der Waals surface area contributed by atoms with E-state index in [2.05, 4.69) is 9.55 Å². The largest absolute Gasteiger partial charge is 0.468 e. The minimum Gasteiger partial charge on any atom is -0.468 e. The van der Waals surface area contributed by atoms with Crippen LogP contribution in [-0.2, 0) is 11.3 Å². The topological polar surface area (TPSA) is 69.7 Å². The van der Waals surface area contributed by atoms with Crippen LogP contribution in [-0.4, -0.2) is 54.3 Å². The van der Waals surface area contributed by atoms with Gasteiger partial charge >= 0.3 is 0 Å². The molecule has 0 N–H and O–H groups in total. The molecule has 0 saturated carbocycles. The average Bonchev–Trinajstić information content (AvgIpc) is 3.28. The highest BCUT2D eigenvalue weighted by molar-refractivity contribution is 5.91. The number of ether oxygens (including phenoxy) is 2. The van der Waals surface area contributed by atoms with Crippen molar-refractivity contribution in [2.75, 3.05) is 33.9 Å². The number of imidazole rings is 1. The molecule has 0 spiro atoms. The highest BCUT2D eigenvalue weighted by Gasteiger charge is 2.29. The second-order valence-electron chi connectivity index (χ2n) is 5.88.